The number of hydrogen-bond acceptors (Lipinski definition) is 4. The van der Waals surface area contributed by atoms with Crippen molar-refractivity contribution in [1.82, 2.24) is 9.80 Å². The Hall–Kier alpha value is -2.57. The number of ether oxygens (including phenoxy) is 1. The number of piperazine rings is 1. The second-order valence-electron chi connectivity index (χ2n) is 7.20. The number of methoxy groups -OCH3 is 1. The molecule has 7 heteroatoms. The van der Waals surface area contributed by atoms with E-state index in [0.717, 1.165) is 25.7 Å². The number of carbonyl (C=O) groups excluding carboxylic acids is 3. The number of amides is 3. The van der Waals surface area contributed by atoms with Gasteiger partial charge in [0.2, 0.25) is 11.8 Å². The molecule has 0 aromatic heterocycles. The van der Waals surface area contributed by atoms with E-state index in [1.54, 1.807) is 23.1 Å². The van der Waals surface area contributed by atoms with Crippen molar-refractivity contribution in [3.63, 3.8) is 0 Å². The molecule has 1 heterocycles. The summed E-state index contributed by atoms with van der Waals surface area (Å²) in [4.78, 5) is 40.4. The first-order valence-electron chi connectivity index (χ1n) is 9.53. The zero-order valence-corrected chi connectivity index (χ0v) is 16.0. The normalized spacial score (nSPS) is 17.7. The van der Waals surface area contributed by atoms with Crippen LogP contribution in [0.15, 0.2) is 18.2 Å². The third-order valence-corrected chi connectivity index (χ3v) is 5.34. The molecule has 1 aliphatic heterocycles. The molecular weight excluding hydrogens is 346 g/mol. The smallest absolute Gasteiger partial charge is 0.254 e. The fourth-order valence-electron chi connectivity index (χ4n) is 3.87. The Bertz CT molecular complexity index is 720. The fourth-order valence-corrected chi connectivity index (χ4v) is 3.87. The van der Waals surface area contributed by atoms with Crippen LogP contribution in [0.2, 0.25) is 0 Å². The molecule has 7 nitrogen and oxygen atoms in total. The van der Waals surface area contributed by atoms with Gasteiger partial charge in [-0.25, -0.2) is 0 Å². The summed E-state index contributed by atoms with van der Waals surface area (Å²) in [6.45, 7) is 3.62. The zero-order valence-electron chi connectivity index (χ0n) is 16.0. The van der Waals surface area contributed by atoms with E-state index < -0.39 is 0 Å². The Morgan fingerprint density at radius 2 is 1.67 bits per heavy atom. The van der Waals surface area contributed by atoms with Crippen LogP contribution in [0.1, 0.15) is 43.0 Å². The molecule has 1 saturated heterocycles. The van der Waals surface area contributed by atoms with Crippen LogP contribution >= 0.6 is 0 Å². The molecule has 1 N–H and O–H groups in total. The van der Waals surface area contributed by atoms with E-state index in [1.807, 2.05) is 4.90 Å². The van der Waals surface area contributed by atoms with Crippen molar-refractivity contribution in [3.05, 3.63) is 23.8 Å². The van der Waals surface area contributed by atoms with E-state index in [1.165, 1.54) is 14.0 Å². The third kappa shape index (κ3) is 4.40. The summed E-state index contributed by atoms with van der Waals surface area (Å²) >= 11 is 0. The molecule has 3 rings (SSSR count). The minimum absolute atomic E-state index is 0.0998. The molecule has 0 atom stereocenters. The van der Waals surface area contributed by atoms with Crippen molar-refractivity contribution in [2.24, 2.45) is 5.92 Å². The van der Waals surface area contributed by atoms with Gasteiger partial charge in [0.25, 0.3) is 5.91 Å². The first-order valence-corrected chi connectivity index (χ1v) is 9.53. The highest BCUT2D eigenvalue weighted by Gasteiger charge is 2.30. The first-order chi connectivity index (χ1) is 13.0. The summed E-state index contributed by atoms with van der Waals surface area (Å²) in [6, 6.07) is 5.01. The molecule has 3 amide bonds. The Morgan fingerprint density at radius 3 is 2.26 bits per heavy atom. The van der Waals surface area contributed by atoms with Gasteiger partial charge in [-0.05, 0) is 31.0 Å². The molecule has 2 aliphatic rings. The van der Waals surface area contributed by atoms with Gasteiger partial charge in [-0.15, -0.1) is 0 Å². The third-order valence-electron chi connectivity index (χ3n) is 5.34. The van der Waals surface area contributed by atoms with Gasteiger partial charge >= 0.3 is 0 Å². The van der Waals surface area contributed by atoms with E-state index in [-0.39, 0.29) is 23.6 Å². The lowest BCUT2D eigenvalue weighted by molar-refractivity contribution is -0.136. The molecule has 1 aromatic carbocycles. The second kappa shape index (κ2) is 8.41. The number of hydrogen-bond donors (Lipinski definition) is 1. The maximum Gasteiger partial charge on any atom is 0.254 e. The van der Waals surface area contributed by atoms with E-state index in [9.17, 15) is 14.4 Å². The fraction of sp³-hybridized carbons (Fsp3) is 0.550. The highest BCUT2D eigenvalue weighted by atomic mass is 16.5. The van der Waals surface area contributed by atoms with Crippen LogP contribution in [-0.4, -0.2) is 60.8 Å². The highest BCUT2D eigenvalue weighted by Crippen LogP contribution is 2.28. The van der Waals surface area contributed by atoms with Gasteiger partial charge in [-0.1, -0.05) is 12.8 Å². The van der Waals surface area contributed by atoms with Gasteiger partial charge in [0.05, 0.1) is 12.8 Å². The lowest BCUT2D eigenvalue weighted by atomic mass is 10.1. The number of anilines is 1. The number of nitrogens with zero attached hydrogens (tertiary/aromatic N) is 2. The van der Waals surface area contributed by atoms with E-state index in [0.29, 0.717) is 43.2 Å². The van der Waals surface area contributed by atoms with Crippen molar-refractivity contribution in [2.75, 3.05) is 38.6 Å². The molecule has 0 spiro atoms. The predicted octanol–water partition coefficient (Wildman–Crippen LogP) is 2.13. The van der Waals surface area contributed by atoms with Gasteiger partial charge in [0.1, 0.15) is 5.75 Å². The van der Waals surface area contributed by atoms with E-state index in [2.05, 4.69) is 5.32 Å². The number of rotatable bonds is 4. The number of nitrogens with one attached hydrogen (secondary N) is 1. The summed E-state index contributed by atoms with van der Waals surface area (Å²) < 4.78 is 5.23. The van der Waals surface area contributed by atoms with Crippen molar-refractivity contribution >= 4 is 23.4 Å². The average Bonchev–Trinajstić information content (AvgIpc) is 3.21. The number of benzene rings is 1. The molecule has 0 bridgehead atoms. The first kappa shape index (κ1) is 19.2. The van der Waals surface area contributed by atoms with Crippen LogP contribution in [0.5, 0.6) is 5.75 Å². The quantitative estimate of drug-likeness (QED) is 0.877. The summed E-state index contributed by atoms with van der Waals surface area (Å²) in [5.41, 5.74) is 0.973. The van der Waals surface area contributed by atoms with Crippen LogP contribution in [0.4, 0.5) is 5.69 Å². The molecule has 27 heavy (non-hydrogen) atoms. The molecule has 2 fully saturated rings. The van der Waals surface area contributed by atoms with Crippen molar-refractivity contribution < 1.29 is 19.1 Å². The Kier molecular flexibility index (Phi) is 5.98. The summed E-state index contributed by atoms with van der Waals surface area (Å²) in [6.07, 6.45) is 4.28. The summed E-state index contributed by atoms with van der Waals surface area (Å²) in [7, 11) is 1.52. The molecule has 0 radical (unpaired) electrons. The van der Waals surface area contributed by atoms with Crippen molar-refractivity contribution in [1.29, 1.82) is 0 Å². The molecule has 1 saturated carbocycles. The second-order valence-corrected chi connectivity index (χ2v) is 7.20. The molecule has 0 unspecified atom stereocenters. The Labute approximate surface area is 159 Å². The predicted molar refractivity (Wildman–Crippen MR) is 102 cm³/mol. The highest BCUT2D eigenvalue weighted by molar-refractivity contribution is 5.98. The van der Waals surface area contributed by atoms with Gasteiger partial charge in [-0.2, -0.15) is 0 Å². The monoisotopic (exact) mass is 373 g/mol. The maximum atomic E-state index is 12.8. The van der Waals surface area contributed by atoms with Crippen molar-refractivity contribution in [3.8, 4) is 5.75 Å². The SMILES string of the molecule is COc1ccc(C(=O)N2CCN(C(=O)C3CCCC3)CC2)cc1NC(C)=O. The van der Waals surface area contributed by atoms with E-state index in [4.69, 9.17) is 4.74 Å². The lowest BCUT2D eigenvalue weighted by Crippen LogP contribution is -2.51. The minimum atomic E-state index is -0.225. The van der Waals surface area contributed by atoms with Gasteiger partial charge < -0.3 is 19.9 Å². The topological polar surface area (TPSA) is 79.0 Å². The largest absolute Gasteiger partial charge is 0.495 e. The standard InChI is InChI=1S/C20H27N3O4/c1-14(24)21-17-13-16(7-8-18(17)27-2)20(26)23-11-9-22(10-12-23)19(25)15-5-3-4-6-15/h7-8,13,15H,3-6,9-12H2,1-2H3,(H,21,24). The maximum absolute atomic E-state index is 12.8. The van der Waals surface area contributed by atoms with Gasteiger partial charge in [-0.3, -0.25) is 14.4 Å². The summed E-state index contributed by atoms with van der Waals surface area (Å²) in [5, 5.41) is 2.69. The van der Waals surface area contributed by atoms with Crippen LogP contribution < -0.4 is 10.1 Å². The number of carbonyl (C=O) groups is 3. The molecule has 1 aliphatic carbocycles. The van der Waals surface area contributed by atoms with Gasteiger partial charge in [0.15, 0.2) is 0 Å². The Morgan fingerprint density at radius 1 is 1.04 bits per heavy atom. The molecule has 1 aromatic rings. The molecule has 146 valence electrons. The van der Waals surface area contributed by atoms with Gasteiger partial charge in [0, 0.05) is 44.6 Å². The van der Waals surface area contributed by atoms with Crippen LogP contribution in [0.25, 0.3) is 0 Å². The van der Waals surface area contributed by atoms with E-state index >= 15 is 0 Å². The summed E-state index contributed by atoms with van der Waals surface area (Å²) in [5.74, 6) is 0.605. The Balaban J connectivity index is 1.63. The van der Waals surface area contributed by atoms with Crippen LogP contribution in [-0.2, 0) is 9.59 Å². The van der Waals surface area contributed by atoms with Crippen LogP contribution in [0, 0.1) is 5.92 Å². The van der Waals surface area contributed by atoms with Crippen molar-refractivity contribution in [2.45, 2.75) is 32.6 Å². The minimum Gasteiger partial charge on any atom is -0.495 e. The molecular formula is C20H27N3O4. The zero-order chi connectivity index (χ0) is 19.4. The lowest BCUT2D eigenvalue weighted by Gasteiger charge is -2.36. The average molecular weight is 373 g/mol. The van der Waals surface area contributed by atoms with Crippen LogP contribution in [0.3, 0.4) is 0 Å².